The van der Waals surface area contributed by atoms with Crippen LogP contribution in [0.2, 0.25) is 0 Å². The summed E-state index contributed by atoms with van der Waals surface area (Å²) in [6.45, 7) is 1.88. The third-order valence-corrected chi connectivity index (χ3v) is 5.27. The van der Waals surface area contributed by atoms with Gasteiger partial charge in [-0.2, -0.15) is 5.10 Å². The minimum absolute atomic E-state index is 0.0989. The van der Waals surface area contributed by atoms with Gasteiger partial charge in [0.1, 0.15) is 11.6 Å². The molecule has 0 radical (unpaired) electrons. The molecule has 0 unspecified atom stereocenters. The molecule has 29 heavy (non-hydrogen) atoms. The number of aromatic nitrogens is 3. The lowest BCUT2D eigenvalue weighted by Crippen LogP contribution is -2.48. The van der Waals surface area contributed by atoms with Crippen molar-refractivity contribution in [3.05, 3.63) is 72.3 Å². The Bertz CT molecular complexity index is 958. The van der Waals surface area contributed by atoms with Crippen molar-refractivity contribution in [3.8, 4) is 5.69 Å². The number of anilines is 1. The van der Waals surface area contributed by atoms with E-state index in [1.54, 1.807) is 0 Å². The molecule has 1 fully saturated rings. The number of hydrogen-bond donors (Lipinski definition) is 3. The van der Waals surface area contributed by atoms with E-state index < -0.39 is 6.10 Å². The van der Waals surface area contributed by atoms with Gasteiger partial charge in [0.05, 0.1) is 17.8 Å². The Morgan fingerprint density at radius 3 is 2.48 bits per heavy atom. The van der Waals surface area contributed by atoms with Crippen LogP contribution < -0.4 is 10.6 Å². The number of hydrogen-bond acceptors (Lipinski definition) is 4. The molecule has 0 saturated heterocycles. The maximum Gasteiger partial charge on any atom is 0.319 e. The van der Waals surface area contributed by atoms with Crippen molar-refractivity contribution in [3.63, 3.8) is 0 Å². The average Bonchev–Trinajstić information content (AvgIpc) is 3.13. The van der Waals surface area contributed by atoms with E-state index in [1.807, 2.05) is 72.3 Å². The van der Waals surface area contributed by atoms with Crippen LogP contribution in [0.5, 0.6) is 0 Å². The number of rotatable bonds is 4. The molecule has 7 nitrogen and oxygen atoms in total. The van der Waals surface area contributed by atoms with Gasteiger partial charge in [-0.3, -0.25) is 0 Å². The van der Waals surface area contributed by atoms with E-state index in [-0.39, 0.29) is 18.0 Å². The summed E-state index contributed by atoms with van der Waals surface area (Å²) < 4.78 is 1.87. The summed E-state index contributed by atoms with van der Waals surface area (Å²) in [5, 5.41) is 20.8. The third kappa shape index (κ3) is 4.46. The van der Waals surface area contributed by atoms with Crippen molar-refractivity contribution >= 4 is 11.7 Å². The number of carbonyl (C=O) groups is 1. The summed E-state index contributed by atoms with van der Waals surface area (Å²) in [5.74, 6) is 1.68. The Labute approximate surface area is 169 Å². The van der Waals surface area contributed by atoms with E-state index in [9.17, 15) is 9.90 Å². The second-order valence-electron chi connectivity index (χ2n) is 7.41. The first-order valence-electron chi connectivity index (χ1n) is 9.90. The van der Waals surface area contributed by atoms with E-state index in [1.165, 1.54) is 0 Å². The molecular formula is C22H25N5O2. The fraction of sp³-hybridized carbons (Fsp3) is 0.318. The number of aliphatic hydroxyl groups excluding tert-OH is 1. The molecule has 0 spiro atoms. The van der Waals surface area contributed by atoms with E-state index in [4.69, 9.17) is 0 Å². The minimum Gasteiger partial charge on any atom is -0.391 e. The normalized spacial score (nSPS) is 21.5. The zero-order valence-corrected chi connectivity index (χ0v) is 16.3. The lowest BCUT2D eigenvalue weighted by atomic mass is 9.83. The number of aliphatic hydroxyl groups is 1. The standard InChI is InChI=1S/C22H25N5O2/c1-15-23-21(27(26-15)18-10-6-3-7-11-18)16-12-13-20(28)19(14-16)25-22(29)24-17-8-4-2-5-9-17/h2-11,16,19-20,28H,12-14H2,1H3,(H2,24,25,29)/t16-,19+,20+/m0/s1. The summed E-state index contributed by atoms with van der Waals surface area (Å²) >= 11 is 0. The van der Waals surface area contributed by atoms with Gasteiger partial charge in [-0.25, -0.2) is 14.5 Å². The summed E-state index contributed by atoms with van der Waals surface area (Å²) in [6.07, 6.45) is 1.42. The fourth-order valence-corrected chi connectivity index (χ4v) is 3.86. The summed E-state index contributed by atoms with van der Waals surface area (Å²) in [6, 6.07) is 18.5. The van der Waals surface area contributed by atoms with Crippen LogP contribution in [0.3, 0.4) is 0 Å². The number of nitrogens with zero attached hydrogens (tertiary/aromatic N) is 3. The molecular weight excluding hydrogens is 366 g/mol. The van der Waals surface area contributed by atoms with Crippen LogP contribution in [0.15, 0.2) is 60.7 Å². The Morgan fingerprint density at radius 2 is 1.76 bits per heavy atom. The molecule has 3 atom stereocenters. The van der Waals surface area contributed by atoms with Gasteiger partial charge in [0, 0.05) is 11.6 Å². The highest BCUT2D eigenvalue weighted by atomic mass is 16.3. The Balaban J connectivity index is 1.49. The lowest BCUT2D eigenvalue weighted by molar-refractivity contribution is 0.0864. The van der Waals surface area contributed by atoms with Gasteiger partial charge in [0.25, 0.3) is 0 Å². The van der Waals surface area contributed by atoms with Gasteiger partial charge in [-0.05, 0) is 50.5 Å². The molecule has 1 heterocycles. The molecule has 4 rings (SSSR count). The second kappa shape index (κ2) is 8.45. The highest BCUT2D eigenvalue weighted by Crippen LogP contribution is 2.33. The number of urea groups is 1. The van der Waals surface area contributed by atoms with Crippen molar-refractivity contribution < 1.29 is 9.90 Å². The molecule has 0 aliphatic heterocycles. The van der Waals surface area contributed by atoms with Gasteiger partial charge in [-0.1, -0.05) is 36.4 Å². The van der Waals surface area contributed by atoms with E-state index >= 15 is 0 Å². The molecule has 1 saturated carbocycles. The Kier molecular flexibility index (Phi) is 5.57. The van der Waals surface area contributed by atoms with Crippen molar-refractivity contribution in [2.45, 2.75) is 44.2 Å². The number of aryl methyl sites for hydroxylation is 1. The molecule has 1 aliphatic rings. The van der Waals surface area contributed by atoms with E-state index in [2.05, 4.69) is 20.7 Å². The van der Waals surface area contributed by atoms with Crippen LogP contribution in [0, 0.1) is 6.92 Å². The first-order valence-corrected chi connectivity index (χ1v) is 9.90. The molecule has 150 valence electrons. The summed E-state index contributed by atoms with van der Waals surface area (Å²) in [4.78, 5) is 17.1. The predicted molar refractivity (Wildman–Crippen MR) is 111 cm³/mol. The van der Waals surface area contributed by atoms with Gasteiger partial charge >= 0.3 is 6.03 Å². The van der Waals surface area contributed by atoms with Gasteiger partial charge in [0.2, 0.25) is 0 Å². The lowest BCUT2D eigenvalue weighted by Gasteiger charge is -2.33. The molecule has 1 aromatic heterocycles. The van der Waals surface area contributed by atoms with Crippen LogP contribution in [-0.2, 0) is 0 Å². The Hall–Kier alpha value is -3.19. The quantitative estimate of drug-likeness (QED) is 0.636. The average molecular weight is 391 g/mol. The number of carbonyl (C=O) groups excluding carboxylic acids is 1. The molecule has 2 amide bonds. The van der Waals surface area contributed by atoms with Crippen molar-refractivity contribution in [2.24, 2.45) is 0 Å². The van der Waals surface area contributed by atoms with Gasteiger partial charge < -0.3 is 15.7 Å². The predicted octanol–water partition coefficient (Wildman–Crippen LogP) is 3.39. The van der Waals surface area contributed by atoms with Crippen LogP contribution in [0.25, 0.3) is 5.69 Å². The largest absolute Gasteiger partial charge is 0.391 e. The molecule has 7 heteroatoms. The van der Waals surface area contributed by atoms with Gasteiger partial charge in [0.15, 0.2) is 0 Å². The van der Waals surface area contributed by atoms with Crippen molar-refractivity contribution in [1.29, 1.82) is 0 Å². The van der Waals surface area contributed by atoms with Crippen LogP contribution in [-0.4, -0.2) is 38.0 Å². The SMILES string of the molecule is Cc1nc([C@H]2CC[C@@H](O)[C@H](NC(=O)Nc3ccccc3)C2)n(-c2ccccc2)n1. The van der Waals surface area contributed by atoms with Crippen molar-refractivity contribution in [2.75, 3.05) is 5.32 Å². The maximum atomic E-state index is 12.4. The zero-order chi connectivity index (χ0) is 20.2. The first-order chi connectivity index (χ1) is 14.1. The topological polar surface area (TPSA) is 92.1 Å². The van der Waals surface area contributed by atoms with Gasteiger partial charge in [-0.15, -0.1) is 0 Å². The summed E-state index contributed by atoms with van der Waals surface area (Å²) in [5.41, 5.74) is 1.67. The van der Waals surface area contributed by atoms with Crippen LogP contribution in [0.4, 0.5) is 10.5 Å². The smallest absolute Gasteiger partial charge is 0.319 e. The molecule has 0 bridgehead atoms. The van der Waals surface area contributed by atoms with Crippen molar-refractivity contribution in [1.82, 2.24) is 20.1 Å². The third-order valence-electron chi connectivity index (χ3n) is 5.27. The number of nitrogens with one attached hydrogen (secondary N) is 2. The van der Waals surface area contributed by atoms with E-state index in [0.717, 1.165) is 17.9 Å². The highest BCUT2D eigenvalue weighted by molar-refractivity contribution is 5.89. The Morgan fingerprint density at radius 1 is 1.07 bits per heavy atom. The molecule has 2 aromatic carbocycles. The second-order valence-corrected chi connectivity index (χ2v) is 7.41. The molecule has 3 aromatic rings. The fourth-order valence-electron chi connectivity index (χ4n) is 3.86. The number of amides is 2. The first kappa shape index (κ1) is 19.1. The zero-order valence-electron chi connectivity index (χ0n) is 16.3. The van der Waals surface area contributed by atoms with E-state index in [0.29, 0.717) is 24.4 Å². The number of para-hydroxylation sites is 2. The molecule has 3 N–H and O–H groups in total. The van der Waals surface area contributed by atoms with Crippen LogP contribution >= 0.6 is 0 Å². The monoisotopic (exact) mass is 391 g/mol. The minimum atomic E-state index is -0.582. The summed E-state index contributed by atoms with van der Waals surface area (Å²) in [7, 11) is 0. The number of benzene rings is 2. The molecule has 1 aliphatic carbocycles. The maximum absolute atomic E-state index is 12.4. The van der Waals surface area contributed by atoms with Crippen LogP contribution in [0.1, 0.15) is 36.8 Å². The highest BCUT2D eigenvalue weighted by Gasteiger charge is 2.34.